The summed E-state index contributed by atoms with van der Waals surface area (Å²) in [6.07, 6.45) is 2.11. The molecule has 1 atom stereocenters. The number of imide groups is 1. The van der Waals surface area contributed by atoms with Gasteiger partial charge in [0.25, 0.3) is 11.8 Å². The summed E-state index contributed by atoms with van der Waals surface area (Å²) >= 11 is 0. The van der Waals surface area contributed by atoms with Crippen LogP contribution in [0, 0.1) is 5.41 Å². The van der Waals surface area contributed by atoms with Crippen LogP contribution in [-0.2, 0) is 14.4 Å². The molecule has 16 heavy (non-hydrogen) atoms. The molecule has 5 nitrogen and oxygen atoms in total. The van der Waals surface area contributed by atoms with Gasteiger partial charge in [0, 0.05) is 12.2 Å². The van der Waals surface area contributed by atoms with E-state index in [0.717, 1.165) is 4.90 Å². The summed E-state index contributed by atoms with van der Waals surface area (Å²) in [5, 5.41) is 8.81. The average Bonchev–Trinajstić information content (AvgIpc) is 2.41. The first-order valence-corrected chi connectivity index (χ1v) is 5.00. The number of carbonyl (C=O) groups is 3. The van der Waals surface area contributed by atoms with E-state index >= 15 is 0 Å². The fourth-order valence-electron chi connectivity index (χ4n) is 1.67. The van der Waals surface area contributed by atoms with Crippen molar-refractivity contribution < 1.29 is 19.5 Å². The molecule has 1 unspecified atom stereocenters. The van der Waals surface area contributed by atoms with Crippen LogP contribution in [0.2, 0.25) is 0 Å². The second kappa shape index (κ2) is 4.08. The fourth-order valence-corrected chi connectivity index (χ4v) is 1.67. The average molecular weight is 225 g/mol. The number of carboxylic acid groups (broad SMARTS) is 1. The number of aliphatic carboxylic acids is 1. The summed E-state index contributed by atoms with van der Waals surface area (Å²) in [6.45, 7) is 5.42. The zero-order valence-electron chi connectivity index (χ0n) is 9.56. The lowest BCUT2D eigenvalue weighted by molar-refractivity contribution is -0.146. The van der Waals surface area contributed by atoms with Crippen molar-refractivity contribution in [2.24, 2.45) is 5.41 Å². The molecule has 1 aliphatic heterocycles. The number of carboxylic acids is 1. The second-order valence-corrected chi connectivity index (χ2v) is 4.86. The van der Waals surface area contributed by atoms with Crippen molar-refractivity contribution in [3.05, 3.63) is 12.2 Å². The first-order chi connectivity index (χ1) is 7.23. The third kappa shape index (κ3) is 2.48. The van der Waals surface area contributed by atoms with Crippen LogP contribution in [-0.4, -0.2) is 33.8 Å². The van der Waals surface area contributed by atoms with Gasteiger partial charge >= 0.3 is 5.97 Å². The third-order valence-corrected chi connectivity index (χ3v) is 2.52. The van der Waals surface area contributed by atoms with Crippen molar-refractivity contribution in [2.75, 3.05) is 0 Å². The number of nitrogens with zero attached hydrogens (tertiary/aromatic N) is 1. The number of amides is 2. The Morgan fingerprint density at radius 1 is 1.31 bits per heavy atom. The Morgan fingerprint density at radius 2 is 1.75 bits per heavy atom. The predicted molar refractivity (Wildman–Crippen MR) is 56.5 cm³/mol. The minimum atomic E-state index is -1.02. The summed E-state index contributed by atoms with van der Waals surface area (Å²) in [4.78, 5) is 34.7. The van der Waals surface area contributed by atoms with Gasteiger partial charge in [-0.15, -0.1) is 0 Å². The molecule has 2 amide bonds. The monoisotopic (exact) mass is 225 g/mol. The van der Waals surface area contributed by atoms with Crippen molar-refractivity contribution >= 4 is 17.8 Å². The summed E-state index contributed by atoms with van der Waals surface area (Å²) < 4.78 is 0. The van der Waals surface area contributed by atoms with Gasteiger partial charge in [0.15, 0.2) is 0 Å². The van der Waals surface area contributed by atoms with Crippen molar-refractivity contribution in [3.8, 4) is 0 Å². The molecule has 0 aliphatic carbocycles. The van der Waals surface area contributed by atoms with E-state index in [4.69, 9.17) is 5.11 Å². The molecule has 0 saturated carbocycles. The highest BCUT2D eigenvalue weighted by Gasteiger charge is 2.39. The van der Waals surface area contributed by atoms with E-state index in [0.29, 0.717) is 0 Å². The Balaban J connectivity index is 2.98. The van der Waals surface area contributed by atoms with E-state index in [1.807, 2.05) is 0 Å². The van der Waals surface area contributed by atoms with E-state index in [2.05, 4.69) is 0 Å². The lowest BCUT2D eigenvalue weighted by Crippen LogP contribution is -2.48. The van der Waals surface area contributed by atoms with Crippen LogP contribution >= 0.6 is 0 Å². The van der Waals surface area contributed by atoms with Gasteiger partial charge in [-0.3, -0.25) is 19.3 Å². The molecular weight excluding hydrogens is 210 g/mol. The summed E-state index contributed by atoms with van der Waals surface area (Å²) in [5.41, 5.74) is -0.463. The molecule has 0 saturated heterocycles. The van der Waals surface area contributed by atoms with E-state index < -0.39 is 29.2 Å². The Kier molecular flexibility index (Phi) is 3.16. The first-order valence-electron chi connectivity index (χ1n) is 5.00. The van der Waals surface area contributed by atoms with Crippen molar-refractivity contribution in [1.82, 2.24) is 4.90 Å². The quantitative estimate of drug-likeness (QED) is 0.721. The number of hydrogen-bond acceptors (Lipinski definition) is 3. The molecule has 0 aromatic heterocycles. The second-order valence-electron chi connectivity index (χ2n) is 4.86. The van der Waals surface area contributed by atoms with Crippen LogP contribution in [0.5, 0.6) is 0 Å². The first kappa shape index (κ1) is 12.4. The highest BCUT2D eigenvalue weighted by Crippen LogP contribution is 2.29. The molecule has 1 N–H and O–H groups in total. The highest BCUT2D eigenvalue weighted by atomic mass is 16.4. The van der Waals surface area contributed by atoms with E-state index in [1.54, 1.807) is 20.8 Å². The van der Waals surface area contributed by atoms with Crippen LogP contribution < -0.4 is 0 Å². The molecule has 0 radical (unpaired) electrons. The third-order valence-electron chi connectivity index (χ3n) is 2.52. The number of hydrogen-bond donors (Lipinski definition) is 1. The molecule has 0 aromatic rings. The van der Waals surface area contributed by atoms with Gasteiger partial charge in [0.05, 0.1) is 12.5 Å². The Labute approximate surface area is 93.7 Å². The molecule has 1 heterocycles. The fraction of sp³-hybridized carbons (Fsp3) is 0.545. The van der Waals surface area contributed by atoms with Crippen molar-refractivity contribution in [1.29, 1.82) is 0 Å². The summed E-state index contributed by atoms with van der Waals surface area (Å²) in [7, 11) is 0. The summed E-state index contributed by atoms with van der Waals surface area (Å²) in [6, 6.07) is -0.625. The van der Waals surface area contributed by atoms with Gasteiger partial charge < -0.3 is 5.11 Å². The van der Waals surface area contributed by atoms with Crippen LogP contribution in [0.3, 0.4) is 0 Å². The maximum Gasteiger partial charge on any atom is 0.305 e. The van der Waals surface area contributed by atoms with Gasteiger partial charge in [-0.25, -0.2) is 0 Å². The molecule has 5 heteroatoms. The Hall–Kier alpha value is -1.65. The minimum Gasteiger partial charge on any atom is -0.481 e. The van der Waals surface area contributed by atoms with E-state index in [-0.39, 0.29) is 6.42 Å². The van der Waals surface area contributed by atoms with Gasteiger partial charge in [-0.05, 0) is 5.41 Å². The van der Waals surface area contributed by atoms with Crippen LogP contribution in [0.25, 0.3) is 0 Å². The highest BCUT2D eigenvalue weighted by molar-refractivity contribution is 6.13. The van der Waals surface area contributed by atoms with Crippen LogP contribution in [0.4, 0.5) is 0 Å². The minimum absolute atomic E-state index is 0.233. The molecule has 1 aliphatic rings. The maximum atomic E-state index is 11.5. The molecule has 0 aromatic carbocycles. The SMILES string of the molecule is CC(C)(C)C(CC(=O)O)N1C(=O)C=CC1=O. The predicted octanol–water partition coefficient (Wildman–Crippen LogP) is 0.801. The normalized spacial score (nSPS) is 18.1. The van der Waals surface area contributed by atoms with Gasteiger partial charge in [-0.2, -0.15) is 0 Å². The lowest BCUT2D eigenvalue weighted by Gasteiger charge is -2.35. The lowest BCUT2D eigenvalue weighted by atomic mass is 9.83. The van der Waals surface area contributed by atoms with Crippen LogP contribution in [0.15, 0.2) is 12.2 Å². The molecular formula is C11H15NO4. The van der Waals surface area contributed by atoms with Gasteiger partial charge in [0.2, 0.25) is 0 Å². The smallest absolute Gasteiger partial charge is 0.305 e. The maximum absolute atomic E-state index is 11.5. The Bertz CT molecular complexity index is 347. The molecule has 0 fully saturated rings. The molecule has 1 rings (SSSR count). The summed E-state index contributed by atoms with van der Waals surface area (Å²) in [5.74, 6) is -1.90. The van der Waals surface area contributed by atoms with Crippen LogP contribution in [0.1, 0.15) is 27.2 Å². The van der Waals surface area contributed by atoms with Crippen molar-refractivity contribution in [3.63, 3.8) is 0 Å². The van der Waals surface area contributed by atoms with E-state index in [9.17, 15) is 14.4 Å². The molecule has 0 bridgehead atoms. The van der Waals surface area contributed by atoms with Crippen molar-refractivity contribution in [2.45, 2.75) is 33.2 Å². The number of rotatable bonds is 3. The molecule has 88 valence electrons. The van der Waals surface area contributed by atoms with Gasteiger partial charge in [0.1, 0.15) is 0 Å². The van der Waals surface area contributed by atoms with Gasteiger partial charge in [-0.1, -0.05) is 20.8 Å². The largest absolute Gasteiger partial charge is 0.481 e. The molecule has 0 spiro atoms. The topological polar surface area (TPSA) is 74.7 Å². The van der Waals surface area contributed by atoms with E-state index in [1.165, 1.54) is 12.2 Å². The number of carbonyl (C=O) groups excluding carboxylic acids is 2. The zero-order valence-corrected chi connectivity index (χ0v) is 9.56. The standard InChI is InChI=1S/C11H15NO4/c1-11(2,3)7(6-10(15)16)12-8(13)4-5-9(12)14/h4-5,7H,6H2,1-3H3,(H,15,16). The zero-order chi connectivity index (χ0) is 12.5. The Morgan fingerprint density at radius 3 is 2.06 bits per heavy atom.